The van der Waals surface area contributed by atoms with Crippen molar-refractivity contribution in [1.82, 2.24) is 0 Å². The molecule has 0 fully saturated rings. The number of anilines is 2. The van der Waals surface area contributed by atoms with Gasteiger partial charge in [-0.2, -0.15) is 0 Å². The van der Waals surface area contributed by atoms with E-state index in [9.17, 15) is 14.9 Å². The van der Waals surface area contributed by atoms with Crippen molar-refractivity contribution in [1.29, 1.82) is 0 Å². The van der Waals surface area contributed by atoms with E-state index in [1.54, 1.807) is 36.6 Å². The van der Waals surface area contributed by atoms with Crippen molar-refractivity contribution in [2.24, 2.45) is 0 Å². The van der Waals surface area contributed by atoms with Crippen LogP contribution < -0.4 is 10.6 Å². The average molecular weight is 377 g/mol. The Kier molecular flexibility index (Phi) is 5.50. The number of non-ortho nitro benzene ring substituents is 1. The van der Waals surface area contributed by atoms with Crippen LogP contribution in [0.2, 0.25) is 0 Å². The number of hydrogen-bond acceptors (Lipinski definition) is 5. The predicted octanol–water partition coefficient (Wildman–Crippen LogP) is 4.35. The van der Waals surface area contributed by atoms with Crippen molar-refractivity contribution in [2.45, 2.75) is 0 Å². The highest BCUT2D eigenvalue weighted by molar-refractivity contribution is 7.10. The van der Waals surface area contributed by atoms with Gasteiger partial charge in [0.25, 0.3) is 11.6 Å². The van der Waals surface area contributed by atoms with E-state index in [1.807, 2.05) is 23.6 Å². The number of hydrogen-bond donors (Lipinski definition) is 2. The summed E-state index contributed by atoms with van der Waals surface area (Å²) in [6.45, 7) is 0. The summed E-state index contributed by atoms with van der Waals surface area (Å²) >= 11 is 1.56. The molecule has 1 aromatic heterocycles. The summed E-state index contributed by atoms with van der Waals surface area (Å²) in [6, 6.07) is 15.1. The Morgan fingerprint density at radius 3 is 2.67 bits per heavy atom. The standard InChI is InChI=1S/C20H15N3O3S/c1-21-19-10-8-16(23(25)26)13-18(19)20(24)22-15-5-2-4-14(12-15)7-9-17-6-3-11-27-17/h2-6,8,10-13,21H,1H3,(H,22,24). The summed E-state index contributed by atoms with van der Waals surface area (Å²) in [6.07, 6.45) is 0. The van der Waals surface area contributed by atoms with Gasteiger partial charge >= 0.3 is 0 Å². The Balaban J connectivity index is 1.83. The molecule has 1 amide bonds. The van der Waals surface area contributed by atoms with Crippen LogP contribution in [0.3, 0.4) is 0 Å². The zero-order chi connectivity index (χ0) is 19.2. The minimum Gasteiger partial charge on any atom is -0.387 e. The lowest BCUT2D eigenvalue weighted by molar-refractivity contribution is -0.384. The maximum atomic E-state index is 12.6. The fourth-order valence-corrected chi connectivity index (χ4v) is 2.98. The number of carbonyl (C=O) groups is 1. The number of thiophene rings is 1. The third kappa shape index (κ3) is 4.51. The van der Waals surface area contributed by atoms with Gasteiger partial charge < -0.3 is 10.6 Å². The Morgan fingerprint density at radius 1 is 1.11 bits per heavy atom. The lowest BCUT2D eigenvalue weighted by Gasteiger charge is -2.10. The van der Waals surface area contributed by atoms with E-state index in [1.165, 1.54) is 18.2 Å². The predicted molar refractivity (Wildman–Crippen MR) is 107 cm³/mol. The molecule has 0 spiro atoms. The van der Waals surface area contributed by atoms with Gasteiger partial charge in [-0.15, -0.1) is 11.3 Å². The molecular formula is C20H15N3O3S. The quantitative estimate of drug-likeness (QED) is 0.402. The van der Waals surface area contributed by atoms with E-state index < -0.39 is 10.8 Å². The molecule has 0 unspecified atom stereocenters. The Bertz CT molecular complexity index is 1050. The zero-order valence-electron chi connectivity index (χ0n) is 14.4. The van der Waals surface area contributed by atoms with E-state index >= 15 is 0 Å². The molecule has 1 heterocycles. The number of benzene rings is 2. The lowest BCUT2D eigenvalue weighted by Crippen LogP contribution is -2.14. The number of carbonyl (C=O) groups excluding carboxylic acids is 1. The normalized spacial score (nSPS) is 9.81. The summed E-state index contributed by atoms with van der Waals surface area (Å²) in [7, 11) is 1.65. The minimum atomic E-state index is -0.531. The maximum absolute atomic E-state index is 12.6. The van der Waals surface area contributed by atoms with Crippen molar-refractivity contribution in [3.05, 3.63) is 86.1 Å². The van der Waals surface area contributed by atoms with Crippen LogP contribution in [-0.4, -0.2) is 17.9 Å². The lowest BCUT2D eigenvalue weighted by atomic mass is 10.1. The van der Waals surface area contributed by atoms with Gasteiger partial charge in [0.05, 0.1) is 15.4 Å². The van der Waals surface area contributed by atoms with Crippen LogP contribution in [0.25, 0.3) is 0 Å². The number of nitrogens with zero attached hydrogens (tertiary/aromatic N) is 1. The molecule has 0 atom stereocenters. The van der Waals surface area contributed by atoms with Crippen molar-refractivity contribution in [3.63, 3.8) is 0 Å². The first-order valence-electron chi connectivity index (χ1n) is 8.00. The van der Waals surface area contributed by atoms with Gasteiger partial charge in [-0.05, 0) is 35.7 Å². The highest BCUT2D eigenvalue weighted by atomic mass is 32.1. The van der Waals surface area contributed by atoms with Gasteiger partial charge in [0.15, 0.2) is 0 Å². The second-order valence-corrected chi connectivity index (χ2v) is 6.45. The zero-order valence-corrected chi connectivity index (χ0v) is 15.2. The largest absolute Gasteiger partial charge is 0.387 e. The van der Waals surface area contributed by atoms with Crippen molar-refractivity contribution in [2.75, 3.05) is 17.7 Å². The molecule has 0 aliphatic heterocycles. The SMILES string of the molecule is CNc1ccc([N+](=O)[O-])cc1C(=O)Nc1cccc(C#Cc2cccs2)c1. The van der Waals surface area contributed by atoms with Crippen LogP contribution in [0.15, 0.2) is 60.0 Å². The van der Waals surface area contributed by atoms with Crippen LogP contribution in [0.1, 0.15) is 20.8 Å². The number of nitro groups is 1. The summed E-state index contributed by atoms with van der Waals surface area (Å²) in [4.78, 5) is 24.0. The monoisotopic (exact) mass is 377 g/mol. The van der Waals surface area contributed by atoms with E-state index in [2.05, 4.69) is 22.5 Å². The highest BCUT2D eigenvalue weighted by Crippen LogP contribution is 2.23. The minimum absolute atomic E-state index is 0.144. The molecule has 0 bridgehead atoms. The van der Waals surface area contributed by atoms with E-state index in [0.29, 0.717) is 11.4 Å². The molecule has 0 radical (unpaired) electrons. The molecule has 2 N–H and O–H groups in total. The van der Waals surface area contributed by atoms with Gasteiger partial charge in [-0.3, -0.25) is 14.9 Å². The number of amides is 1. The number of rotatable bonds is 4. The fourth-order valence-electron chi connectivity index (χ4n) is 2.41. The smallest absolute Gasteiger partial charge is 0.270 e. The molecule has 3 aromatic rings. The van der Waals surface area contributed by atoms with Crippen LogP contribution in [-0.2, 0) is 0 Å². The molecule has 0 saturated carbocycles. The van der Waals surface area contributed by atoms with Gasteiger partial charge in [0, 0.05) is 36.1 Å². The summed E-state index contributed by atoms with van der Waals surface area (Å²) < 4.78 is 0. The highest BCUT2D eigenvalue weighted by Gasteiger charge is 2.16. The third-order valence-corrected chi connectivity index (χ3v) is 4.48. The van der Waals surface area contributed by atoms with E-state index in [0.717, 1.165) is 10.4 Å². The van der Waals surface area contributed by atoms with Gasteiger partial charge in [-0.25, -0.2) is 0 Å². The van der Waals surface area contributed by atoms with Crippen LogP contribution >= 0.6 is 11.3 Å². The molecule has 0 aliphatic rings. The number of nitrogens with one attached hydrogen (secondary N) is 2. The molecule has 6 nitrogen and oxygen atoms in total. The van der Waals surface area contributed by atoms with E-state index in [4.69, 9.17) is 0 Å². The van der Waals surface area contributed by atoms with Crippen LogP contribution in [0.5, 0.6) is 0 Å². The van der Waals surface area contributed by atoms with Crippen molar-refractivity contribution >= 4 is 34.3 Å². The molecule has 0 saturated heterocycles. The number of nitro benzene ring substituents is 1. The molecule has 7 heteroatoms. The summed E-state index contributed by atoms with van der Waals surface area (Å²) in [5.74, 6) is 5.68. The van der Waals surface area contributed by atoms with Gasteiger partial charge in [0.1, 0.15) is 0 Å². The van der Waals surface area contributed by atoms with E-state index in [-0.39, 0.29) is 11.3 Å². The Hall–Kier alpha value is -3.63. The van der Waals surface area contributed by atoms with Crippen LogP contribution in [0.4, 0.5) is 17.1 Å². The average Bonchev–Trinajstić information content (AvgIpc) is 3.19. The first kappa shape index (κ1) is 18.2. The molecule has 3 rings (SSSR count). The molecule has 134 valence electrons. The second kappa shape index (κ2) is 8.17. The summed E-state index contributed by atoms with van der Waals surface area (Å²) in [5.41, 5.74) is 1.88. The molecular weight excluding hydrogens is 362 g/mol. The third-order valence-electron chi connectivity index (χ3n) is 3.70. The van der Waals surface area contributed by atoms with Gasteiger partial charge in [-0.1, -0.05) is 24.0 Å². The van der Waals surface area contributed by atoms with Crippen molar-refractivity contribution < 1.29 is 9.72 Å². The fraction of sp³-hybridized carbons (Fsp3) is 0.0500. The van der Waals surface area contributed by atoms with Crippen LogP contribution in [0, 0.1) is 22.0 Å². The first-order chi connectivity index (χ1) is 13.1. The molecule has 0 aliphatic carbocycles. The Morgan fingerprint density at radius 2 is 1.96 bits per heavy atom. The summed E-state index contributed by atoms with van der Waals surface area (Å²) in [5, 5.41) is 18.6. The topological polar surface area (TPSA) is 84.3 Å². The first-order valence-corrected chi connectivity index (χ1v) is 8.88. The second-order valence-electron chi connectivity index (χ2n) is 5.50. The molecule has 2 aromatic carbocycles. The maximum Gasteiger partial charge on any atom is 0.270 e. The Labute approximate surface area is 160 Å². The van der Waals surface area contributed by atoms with Gasteiger partial charge in [0.2, 0.25) is 0 Å². The molecule has 27 heavy (non-hydrogen) atoms. The van der Waals surface area contributed by atoms with Crippen molar-refractivity contribution in [3.8, 4) is 11.8 Å².